The summed E-state index contributed by atoms with van der Waals surface area (Å²) in [6, 6.07) is 16.5. The summed E-state index contributed by atoms with van der Waals surface area (Å²) < 4.78 is 26.5. The van der Waals surface area contributed by atoms with Gasteiger partial charge in [-0.25, -0.2) is 13.4 Å². The van der Waals surface area contributed by atoms with E-state index in [1.54, 1.807) is 35.4 Å². The van der Waals surface area contributed by atoms with E-state index in [1.165, 1.54) is 11.3 Å². The molecular weight excluding hydrogens is 466 g/mol. The molecule has 0 aliphatic rings. The highest BCUT2D eigenvalue weighted by atomic mass is 32.2. The molecule has 6 nitrogen and oxygen atoms in total. The van der Waals surface area contributed by atoms with Crippen molar-refractivity contribution >= 4 is 42.4 Å². The molecule has 0 unspecified atom stereocenters. The van der Waals surface area contributed by atoms with Crippen molar-refractivity contribution in [1.82, 2.24) is 9.97 Å². The molecule has 0 saturated carbocycles. The molecule has 0 spiro atoms. The Morgan fingerprint density at radius 3 is 2.38 bits per heavy atom. The van der Waals surface area contributed by atoms with Crippen LogP contribution in [0.5, 0.6) is 0 Å². The zero-order valence-corrected chi connectivity index (χ0v) is 21.1. The number of thiazole rings is 1. The van der Waals surface area contributed by atoms with Gasteiger partial charge < -0.3 is 0 Å². The first kappa shape index (κ1) is 24.0. The van der Waals surface area contributed by atoms with Gasteiger partial charge in [0.2, 0.25) is 5.91 Å². The van der Waals surface area contributed by atoms with Gasteiger partial charge in [-0.3, -0.25) is 14.7 Å². The highest BCUT2D eigenvalue weighted by Gasteiger charge is 2.23. The molecule has 0 N–H and O–H groups in total. The van der Waals surface area contributed by atoms with E-state index in [-0.39, 0.29) is 35.9 Å². The second-order valence-electron chi connectivity index (χ2n) is 8.41. The predicted octanol–water partition coefficient (Wildman–Crippen LogP) is 5.40. The lowest BCUT2D eigenvalue weighted by molar-refractivity contribution is -0.118. The Balaban J connectivity index is 1.55. The van der Waals surface area contributed by atoms with Crippen LogP contribution in [0.1, 0.15) is 35.2 Å². The first-order valence-electron chi connectivity index (χ1n) is 11.1. The summed E-state index contributed by atoms with van der Waals surface area (Å²) in [5, 5.41) is 0.601. The average molecular weight is 494 g/mol. The van der Waals surface area contributed by atoms with Crippen LogP contribution in [-0.4, -0.2) is 30.0 Å². The van der Waals surface area contributed by atoms with E-state index in [2.05, 4.69) is 11.1 Å². The second-order valence-corrected chi connectivity index (χ2v) is 11.5. The average Bonchev–Trinajstić information content (AvgIpc) is 3.27. The van der Waals surface area contributed by atoms with Gasteiger partial charge in [-0.05, 0) is 62.6 Å². The molecule has 34 heavy (non-hydrogen) atoms. The topological polar surface area (TPSA) is 80.2 Å². The second kappa shape index (κ2) is 10.0. The van der Waals surface area contributed by atoms with Crippen LogP contribution in [0.4, 0.5) is 5.13 Å². The first-order valence-corrected chi connectivity index (χ1v) is 13.6. The third-order valence-corrected chi connectivity index (χ3v) is 8.72. The molecule has 0 bridgehead atoms. The summed E-state index contributed by atoms with van der Waals surface area (Å²) in [5.41, 5.74) is 4.80. The van der Waals surface area contributed by atoms with Gasteiger partial charge in [0, 0.05) is 12.6 Å². The number of benzene rings is 2. The predicted molar refractivity (Wildman–Crippen MR) is 137 cm³/mol. The van der Waals surface area contributed by atoms with Crippen LogP contribution in [0.15, 0.2) is 65.7 Å². The number of anilines is 1. The zero-order chi connectivity index (χ0) is 24.3. The lowest BCUT2D eigenvalue weighted by atomic mass is 10.1. The van der Waals surface area contributed by atoms with Crippen molar-refractivity contribution < 1.29 is 13.2 Å². The molecule has 0 fully saturated rings. The van der Waals surface area contributed by atoms with E-state index in [9.17, 15) is 13.2 Å². The number of sulfone groups is 1. The molecule has 0 radical (unpaired) electrons. The van der Waals surface area contributed by atoms with Gasteiger partial charge in [0.15, 0.2) is 15.0 Å². The Bertz CT molecular complexity index is 1370. The maximum atomic E-state index is 13.3. The van der Waals surface area contributed by atoms with Gasteiger partial charge >= 0.3 is 0 Å². The number of hydrogen-bond acceptors (Lipinski definition) is 6. The van der Waals surface area contributed by atoms with Crippen molar-refractivity contribution in [3.8, 4) is 0 Å². The molecule has 0 saturated heterocycles. The summed E-state index contributed by atoms with van der Waals surface area (Å²) in [7, 11) is -3.45. The van der Waals surface area contributed by atoms with Crippen LogP contribution in [0.25, 0.3) is 10.2 Å². The zero-order valence-electron chi connectivity index (χ0n) is 19.5. The van der Waals surface area contributed by atoms with Gasteiger partial charge in [0.25, 0.3) is 0 Å². The number of hydrogen-bond donors (Lipinski definition) is 0. The number of aryl methyl sites for hydroxylation is 3. The van der Waals surface area contributed by atoms with E-state index < -0.39 is 9.84 Å². The normalized spacial score (nSPS) is 11.6. The third kappa shape index (κ3) is 5.34. The van der Waals surface area contributed by atoms with Gasteiger partial charge in [-0.15, -0.1) is 0 Å². The lowest BCUT2D eigenvalue weighted by Crippen LogP contribution is -2.30. The number of fused-ring (bicyclic) bond motifs is 1. The number of rotatable bonds is 8. The molecular formula is C26H27N3O3S2. The Kier molecular flexibility index (Phi) is 7.09. The maximum Gasteiger partial charge on any atom is 0.229 e. The van der Waals surface area contributed by atoms with Crippen LogP contribution < -0.4 is 4.90 Å². The summed E-state index contributed by atoms with van der Waals surface area (Å²) in [6.45, 7) is 6.23. The van der Waals surface area contributed by atoms with E-state index in [1.807, 2.05) is 45.0 Å². The van der Waals surface area contributed by atoms with Crippen LogP contribution in [0.3, 0.4) is 0 Å². The van der Waals surface area contributed by atoms with Gasteiger partial charge in [-0.1, -0.05) is 47.2 Å². The highest BCUT2D eigenvalue weighted by Crippen LogP contribution is 2.34. The molecule has 4 rings (SSSR count). The number of nitrogens with zero attached hydrogens (tertiary/aromatic N) is 3. The highest BCUT2D eigenvalue weighted by molar-refractivity contribution is 7.91. The largest absolute Gasteiger partial charge is 0.282 e. The number of carbonyl (C=O) groups excluding carboxylic acids is 1. The van der Waals surface area contributed by atoms with E-state index in [0.29, 0.717) is 5.13 Å². The maximum absolute atomic E-state index is 13.3. The third-order valence-electron chi connectivity index (χ3n) is 5.69. The van der Waals surface area contributed by atoms with Crippen molar-refractivity contribution in [1.29, 1.82) is 0 Å². The number of carbonyl (C=O) groups is 1. The van der Waals surface area contributed by atoms with Crippen LogP contribution in [-0.2, 0) is 21.2 Å². The minimum Gasteiger partial charge on any atom is -0.282 e. The van der Waals surface area contributed by atoms with E-state index in [4.69, 9.17) is 4.98 Å². The standard InChI is InChI=1S/C26H27N3O3S2/c1-18-9-13-22(14-10-18)34(31,32)16-6-8-23(30)29(17-21-7-4-5-15-27-21)26-28-24-19(2)11-12-20(3)25(24)33-26/h4-5,7,9-15H,6,8,16-17H2,1-3H3. The Labute approximate surface area is 204 Å². The van der Waals surface area contributed by atoms with Crippen LogP contribution in [0, 0.1) is 20.8 Å². The fourth-order valence-corrected chi connectivity index (χ4v) is 6.13. The quantitative estimate of drug-likeness (QED) is 0.328. The smallest absolute Gasteiger partial charge is 0.229 e. The van der Waals surface area contributed by atoms with Crippen LogP contribution in [0.2, 0.25) is 0 Å². The molecule has 1 amide bonds. The van der Waals surface area contributed by atoms with Gasteiger partial charge in [0.1, 0.15) is 0 Å². The van der Waals surface area contributed by atoms with Crippen molar-refractivity contribution in [2.24, 2.45) is 0 Å². The minimum atomic E-state index is -3.45. The summed E-state index contributed by atoms with van der Waals surface area (Å²) >= 11 is 1.48. The Hall–Kier alpha value is -3.10. The molecule has 2 aromatic heterocycles. The van der Waals surface area contributed by atoms with Crippen LogP contribution >= 0.6 is 11.3 Å². The minimum absolute atomic E-state index is 0.0860. The van der Waals surface area contributed by atoms with Crippen molar-refractivity contribution in [3.63, 3.8) is 0 Å². The SMILES string of the molecule is Cc1ccc(S(=O)(=O)CCCC(=O)N(Cc2ccccn2)c2nc3c(C)ccc(C)c3s2)cc1. The fourth-order valence-electron chi connectivity index (χ4n) is 3.69. The molecule has 2 aromatic carbocycles. The lowest BCUT2D eigenvalue weighted by Gasteiger charge is -2.19. The van der Waals surface area contributed by atoms with E-state index in [0.717, 1.165) is 32.6 Å². The van der Waals surface area contributed by atoms with Crippen molar-refractivity contribution in [3.05, 3.63) is 83.2 Å². The Morgan fingerprint density at radius 2 is 1.71 bits per heavy atom. The van der Waals surface area contributed by atoms with Crippen molar-refractivity contribution in [2.75, 3.05) is 10.7 Å². The number of pyridine rings is 1. The molecule has 176 valence electrons. The molecule has 2 heterocycles. The van der Waals surface area contributed by atoms with Gasteiger partial charge in [-0.2, -0.15) is 0 Å². The first-order chi connectivity index (χ1) is 16.2. The number of aromatic nitrogens is 2. The van der Waals surface area contributed by atoms with Gasteiger partial charge in [0.05, 0.1) is 33.1 Å². The Morgan fingerprint density at radius 1 is 0.971 bits per heavy atom. The molecule has 0 aliphatic carbocycles. The molecule has 0 atom stereocenters. The van der Waals surface area contributed by atoms with Crippen molar-refractivity contribution in [2.45, 2.75) is 45.1 Å². The molecule has 4 aromatic rings. The summed E-state index contributed by atoms with van der Waals surface area (Å²) in [4.78, 5) is 24.4. The summed E-state index contributed by atoms with van der Waals surface area (Å²) in [5.74, 6) is -0.254. The monoisotopic (exact) mass is 493 g/mol. The molecule has 8 heteroatoms. The molecule has 0 aliphatic heterocycles. The summed E-state index contributed by atoms with van der Waals surface area (Å²) in [6.07, 6.45) is 2.03. The van der Waals surface area contributed by atoms with E-state index >= 15 is 0 Å². The number of amides is 1. The fraction of sp³-hybridized carbons (Fsp3) is 0.269.